The zero-order valence-corrected chi connectivity index (χ0v) is 20.1. The van der Waals surface area contributed by atoms with Crippen molar-refractivity contribution in [1.82, 2.24) is 5.32 Å². The minimum absolute atomic E-state index is 0.442. The maximum absolute atomic E-state index is 12.7. The fourth-order valence-electron chi connectivity index (χ4n) is 1.84. The highest BCUT2D eigenvalue weighted by atomic mass is 28.4. The largest absolute Gasteiger partial charge is 0.518 e. The topological polar surface area (TPSA) is 90.9 Å². The highest BCUT2D eigenvalue weighted by molar-refractivity contribution is 6.72. The zero-order chi connectivity index (χ0) is 20.2. The number of carbonyl (C=O) groups is 3. The molecule has 0 aliphatic carbocycles. The third-order valence-electron chi connectivity index (χ3n) is 2.44. The van der Waals surface area contributed by atoms with Crippen LogP contribution in [0.5, 0.6) is 0 Å². The van der Waals surface area contributed by atoms with Crippen LogP contribution in [-0.4, -0.2) is 54.9 Å². The first kappa shape index (κ1) is 24.0. The van der Waals surface area contributed by atoms with Crippen molar-refractivity contribution >= 4 is 42.8 Å². The van der Waals surface area contributed by atoms with Crippen LogP contribution in [-0.2, 0) is 27.7 Å². The van der Waals surface area contributed by atoms with Crippen LogP contribution in [0.1, 0.15) is 6.92 Å². The molecule has 2 atom stereocenters. The molecule has 0 aromatic carbocycles. The smallest absolute Gasteiger partial charge is 0.323 e. The Balaban J connectivity index is 5.76. The van der Waals surface area contributed by atoms with Crippen LogP contribution in [0.2, 0.25) is 58.9 Å². The Morgan fingerprint density at radius 1 is 0.720 bits per heavy atom. The fourth-order valence-corrected chi connectivity index (χ4v) is 4.28. The van der Waals surface area contributed by atoms with E-state index in [9.17, 15) is 14.4 Å². The third kappa shape index (κ3) is 11.3. The van der Waals surface area contributed by atoms with E-state index in [1.54, 1.807) is 0 Å². The van der Waals surface area contributed by atoms with Gasteiger partial charge in [-0.05, 0) is 58.9 Å². The Labute approximate surface area is 154 Å². The van der Waals surface area contributed by atoms with Crippen LogP contribution in [0.25, 0.3) is 0 Å². The molecule has 0 spiro atoms. The predicted octanol–water partition coefficient (Wildman–Crippen LogP) is 2.47. The molecular formula is C15H33NO6Si3. The molecule has 10 heteroatoms. The number of nitrogens with one attached hydrogen (secondary N) is 1. The highest BCUT2D eigenvalue weighted by Crippen LogP contribution is 2.17. The van der Waals surface area contributed by atoms with Crippen molar-refractivity contribution in [1.29, 1.82) is 0 Å². The van der Waals surface area contributed by atoms with Gasteiger partial charge in [0, 0.05) is 6.92 Å². The molecule has 0 fully saturated rings. The average molecular weight is 409 g/mol. The van der Waals surface area contributed by atoms with Crippen LogP contribution in [0.4, 0.5) is 0 Å². The van der Waals surface area contributed by atoms with Crippen molar-refractivity contribution in [3.63, 3.8) is 0 Å². The molecule has 0 saturated heterocycles. The quantitative estimate of drug-likeness (QED) is 0.490. The second-order valence-corrected chi connectivity index (χ2v) is 22.2. The van der Waals surface area contributed by atoms with Crippen molar-refractivity contribution in [3.8, 4) is 0 Å². The molecule has 25 heavy (non-hydrogen) atoms. The van der Waals surface area contributed by atoms with Crippen LogP contribution >= 0.6 is 0 Å². The molecule has 0 rings (SSSR count). The molecule has 2 unspecified atom stereocenters. The van der Waals surface area contributed by atoms with Crippen LogP contribution < -0.4 is 5.32 Å². The lowest BCUT2D eigenvalue weighted by atomic mass is 10.2. The highest BCUT2D eigenvalue weighted by Gasteiger charge is 2.42. The van der Waals surface area contributed by atoms with Crippen molar-refractivity contribution in [2.75, 3.05) is 0 Å². The summed E-state index contributed by atoms with van der Waals surface area (Å²) in [6, 6.07) is -1.22. The van der Waals surface area contributed by atoms with Crippen LogP contribution in [0, 0.1) is 0 Å². The predicted molar refractivity (Wildman–Crippen MR) is 105 cm³/mol. The molecule has 0 aromatic heterocycles. The molecule has 7 nitrogen and oxygen atoms in total. The first-order valence-electron chi connectivity index (χ1n) is 8.32. The molecule has 146 valence electrons. The normalized spacial score (nSPS) is 15.1. The van der Waals surface area contributed by atoms with Gasteiger partial charge in [-0.15, -0.1) is 0 Å². The van der Waals surface area contributed by atoms with Gasteiger partial charge in [0.1, 0.15) is 0 Å². The van der Waals surface area contributed by atoms with Crippen molar-refractivity contribution in [2.24, 2.45) is 0 Å². The van der Waals surface area contributed by atoms with Gasteiger partial charge in [-0.25, -0.2) is 0 Å². The second kappa shape index (κ2) is 8.60. The Morgan fingerprint density at radius 3 is 1.44 bits per heavy atom. The van der Waals surface area contributed by atoms with E-state index in [1.807, 2.05) is 58.9 Å². The Morgan fingerprint density at radius 2 is 1.12 bits per heavy atom. The van der Waals surface area contributed by atoms with E-state index in [2.05, 4.69) is 5.32 Å². The number of rotatable bonds is 8. The summed E-state index contributed by atoms with van der Waals surface area (Å²) in [6.45, 7) is 18.1. The molecule has 0 aliphatic rings. The first-order valence-corrected chi connectivity index (χ1v) is 18.5. The van der Waals surface area contributed by atoms with Crippen molar-refractivity contribution in [2.45, 2.75) is 78.0 Å². The van der Waals surface area contributed by atoms with Gasteiger partial charge < -0.3 is 18.6 Å². The summed E-state index contributed by atoms with van der Waals surface area (Å²) in [5.41, 5.74) is 0. The SMILES string of the molecule is CC(=O)[15NH]C(C(=O)O[Si](C)(C)C)C(O[Si](C)(C)C)C(=O)O[Si](C)(C)C. The van der Waals surface area contributed by atoms with Gasteiger partial charge in [0.25, 0.3) is 0 Å². The van der Waals surface area contributed by atoms with Gasteiger partial charge in [0.05, 0.1) is 0 Å². The van der Waals surface area contributed by atoms with Gasteiger partial charge in [0.15, 0.2) is 20.5 Å². The lowest BCUT2D eigenvalue weighted by molar-refractivity contribution is -0.153. The molecule has 0 saturated carbocycles. The number of hydrogen-bond donors (Lipinski definition) is 1. The minimum atomic E-state index is -2.21. The maximum Gasteiger partial charge on any atom is 0.323 e. The maximum atomic E-state index is 12.7. The lowest BCUT2D eigenvalue weighted by Gasteiger charge is -2.33. The Bertz CT molecular complexity index is 505. The summed E-state index contributed by atoms with van der Waals surface area (Å²) < 4.78 is 17.0. The van der Waals surface area contributed by atoms with Gasteiger partial charge >= 0.3 is 11.9 Å². The third-order valence-corrected chi connectivity index (χ3v) is 5.03. The molecule has 0 heterocycles. The van der Waals surface area contributed by atoms with E-state index in [0.29, 0.717) is 0 Å². The molecule has 0 radical (unpaired) electrons. The minimum Gasteiger partial charge on any atom is -0.518 e. The summed E-state index contributed by atoms with van der Waals surface area (Å²) in [5, 5.41) is 2.51. The van der Waals surface area contributed by atoms with E-state index < -0.39 is 54.9 Å². The average Bonchev–Trinajstić information content (AvgIpc) is 2.27. The van der Waals surface area contributed by atoms with Gasteiger partial charge in [-0.3, -0.25) is 14.4 Å². The van der Waals surface area contributed by atoms with E-state index >= 15 is 0 Å². The number of amides is 1. The molecule has 1 amide bonds. The second-order valence-electron chi connectivity index (χ2n) is 8.90. The van der Waals surface area contributed by atoms with E-state index in [1.165, 1.54) is 6.92 Å². The summed E-state index contributed by atoms with van der Waals surface area (Å²) >= 11 is 0. The van der Waals surface area contributed by atoms with Gasteiger partial charge in [0.2, 0.25) is 22.5 Å². The molecule has 0 aromatic rings. The first-order chi connectivity index (χ1) is 10.9. The monoisotopic (exact) mass is 408 g/mol. The molecule has 0 bridgehead atoms. The Kier molecular flexibility index (Phi) is 8.27. The molecule has 0 aliphatic heterocycles. The molecular weight excluding hydrogens is 375 g/mol. The zero-order valence-electron chi connectivity index (χ0n) is 17.1. The number of carbonyl (C=O) groups excluding carboxylic acids is 3. The number of hydrogen-bond acceptors (Lipinski definition) is 6. The van der Waals surface area contributed by atoms with Gasteiger partial charge in [-0.1, -0.05) is 0 Å². The standard InChI is InChI=1S/C15H33NO6Si3/c1-11(17)16-12(14(18)21-24(5,6)7)13(20-23(2,3)4)15(19)22-25(8,9)10/h12-13H,1-10H3,(H,16,17)/i16+1. The van der Waals surface area contributed by atoms with Crippen molar-refractivity contribution < 1.29 is 27.7 Å². The summed E-state index contributed by atoms with van der Waals surface area (Å²) in [5.74, 6) is -1.74. The fraction of sp³-hybridized carbons (Fsp3) is 0.800. The summed E-state index contributed by atoms with van der Waals surface area (Å²) in [7, 11) is -6.61. The summed E-state index contributed by atoms with van der Waals surface area (Å²) in [6.07, 6.45) is -1.22. The van der Waals surface area contributed by atoms with E-state index in [4.69, 9.17) is 13.3 Å². The van der Waals surface area contributed by atoms with Gasteiger partial charge in [-0.2, -0.15) is 0 Å². The Hall–Kier alpha value is -0.979. The van der Waals surface area contributed by atoms with Crippen molar-refractivity contribution in [3.05, 3.63) is 0 Å². The van der Waals surface area contributed by atoms with Crippen LogP contribution in [0.15, 0.2) is 0 Å². The van der Waals surface area contributed by atoms with E-state index in [0.717, 1.165) is 0 Å². The molecule has 1 N–H and O–H groups in total. The lowest BCUT2D eigenvalue weighted by Crippen LogP contribution is -2.58. The van der Waals surface area contributed by atoms with E-state index in [-0.39, 0.29) is 0 Å². The van der Waals surface area contributed by atoms with Crippen LogP contribution in [0.3, 0.4) is 0 Å². The summed E-state index contributed by atoms with van der Waals surface area (Å²) in [4.78, 5) is 36.9.